The summed E-state index contributed by atoms with van der Waals surface area (Å²) in [5.74, 6) is 1.86. The van der Waals surface area contributed by atoms with Crippen molar-refractivity contribution in [2.75, 3.05) is 33.0 Å². The number of carbonyl (C=O) groups excluding carboxylic acids is 1. The van der Waals surface area contributed by atoms with Crippen molar-refractivity contribution in [3.8, 4) is 51.8 Å². The molecule has 11 nitrogen and oxygen atoms in total. The van der Waals surface area contributed by atoms with Crippen LogP contribution in [0.5, 0.6) is 29.0 Å². The van der Waals surface area contributed by atoms with E-state index in [4.69, 9.17) is 33.4 Å². The number of hydrogen-bond donors (Lipinski definition) is 1. The number of hydrogen-bond acceptors (Lipinski definition) is 11. The predicted molar refractivity (Wildman–Crippen MR) is 143 cm³/mol. The molecule has 1 atom stereocenters. The Bertz CT molecular complexity index is 1190. The number of aliphatic hydroxyl groups excluding tert-OH is 1. The van der Waals surface area contributed by atoms with Crippen molar-refractivity contribution < 1.29 is 38.3 Å². The summed E-state index contributed by atoms with van der Waals surface area (Å²) in [7, 11) is 0. The number of benzene rings is 2. The predicted octanol–water partition coefficient (Wildman–Crippen LogP) is 4.23. The molecule has 3 aromatic rings. The molecule has 0 saturated carbocycles. The van der Waals surface area contributed by atoms with E-state index in [1.807, 2.05) is 27.7 Å². The third-order valence-electron chi connectivity index (χ3n) is 5.02. The number of nitrogens with zero attached hydrogens (tertiary/aromatic N) is 3. The molecule has 0 fully saturated rings. The van der Waals surface area contributed by atoms with Gasteiger partial charge in [-0.25, -0.2) is 9.78 Å². The fourth-order valence-corrected chi connectivity index (χ4v) is 3.48. The van der Waals surface area contributed by atoms with Gasteiger partial charge in [-0.15, -0.1) is 0 Å². The Morgan fingerprint density at radius 1 is 0.821 bits per heavy atom. The minimum absolute atomic E-state index is 0.196. The number of carbonyl (C=O) groups is 1. The molecule has 1 aromatic heterocycles. The summed E-state index contributed by atoms with van der Waals surface area (Å²) in [4.78, 5) is 25.3. The van der Waals surface area contributed by atoms with Gasteiger partial charge in [0, 0.05) is 18.2 Å². The van der Waals surface area contributed by atoms with Gasteiger partial charge < -0.3 is 33.5 Å². The van der Waals surface area contributed by atoms with Gasteiger partial charge in [-0.3, -0.25) is 0 Å². The number of rotatable bonds is 15. The first-order valence-electron chi connectivity index (χ1n) is 12.6. The van der Waals surface area contributed by atoms with Crippen molar-refractivity contribution in [1.82, 2.24) is 15.0 Å². The van der Waals surface area contributed by atoms with Gasteiger partial charge in [-0.05, 0) is 52.0 Å². The van der Waals surface area contributed by atoms with Gasteiger partial charge >= 0.3 is 12.0 Å². The van der Waals surface area contributed by atoms with Gasteiger partial charge in [-0.1, -0.05) is 6.58 Å². The lowest BCUT2D eigenvalue weighted by atomic mass is 10.1. The highest BCUT2D eigenvalue weighted by atomic mass is 16.7. The van der Waals surface area contributed by atoms with Crippen LogP contribution in [0.25, 0.3) is 22.8 Å². The molecule has 2 aromatic carbocycles. The molecule has 0 saturated heterocycles. The third-order valence-corrected chi connectivity index (χ3v) is 5.02. The molecule has 0 aliphatic heterocycles. The molecule has 3 rings (SSSR count). The van der Waals surface area contributed by atoms with Crippen molar-refractivity contribution >= 4 is 5.97 Å². The first-order valence-corrected chi connectivity index (χ1v) is 12.6. The molecule has 1 heterocycles. The highest BCUT2D eigenvalue weighted by molar-refractivity contribution is 5.81. The third kappa shape index (κ3) is 7.81. The van der Waals surface area contributed by atoms with E-state index in [0.717, 1.165) is 6.08 Å². The maximum absolute atomic E-state index is 11.7. The summed E-state index contributed by atoms with van der Waals surface area (Å²) in [5.41, 5.74) is 1.09. The number of ether oxygens (including phenoxy) is 6. The highest BCUT2D eigenvalue weighted by Crippen LogP contribution is 2.36. The van der Waals surface area contributed by atoms with Crippen LogP contribution in [0.4, 0.5) is 0 Å². The second-order valence-electron chi connectivity index (χ2n) is 7.68. The Balaban J connectivity index is 2.18. The van der Waals surface area contributed by atoms with E-state index in [2.05, 4.69) is 16.5 Å². The van der Waals surface area contributed by atoms with E-state index in [-0.39, 0.29) is 17.7 Å². The lowest BCUT2D eigenvalue weighted by Crippen LogP contribution is -2.28. The van der Waals surface area contributed by atoms with E-state index >= 15 is 0 Å². The van der Waals surface area contributed by atoms with E-state index in [1.54, 1.807) is 36.4 Å². The maximum atomic E-state index is 11.7. The first-order chi connectivity index (χ1) is 19.0. The molecule has 208 valence electrons. The van der Waals surface area contributed by atoms with Gasteiger partial charge in [0.2, 0.25) is 0 Å². The zero-order valence-electron chi connectivity index (χ0n) is 22.5. The van der Waals surface area contributed by atoms with Crippen molar-refractivity contribution in [3.05, 3.63) is 49.1 Å². The Kier molecular flexibility index (Phi) is 10.9. The Morgan fingerprint density at radius 3 is 1.72 bits per heavy atom. The standard InChI is InChI=1S/C28H33N3O8/c1-6-24(33)38-25(17-32)39-28-30-26(20-13-11-18(34-7-2)15-22(20)36-9-4)29-27(31-28)21-14-12-19(35-8-3)16-23(21)37-10-5/h6,11-16,25,32H,1,7-10,17H2,2-5H3. The van der Waals surface area contributed by atoms with Crippen LogP contribution < -0.4 is 23.7 Å². The van der Waals surface area contributed by atoms with Gasteiger partial charge in [0.25, 0.3) is 6.29 Å². The molecule has 0 amide bonds. The molecular formula is C28H33N3O8. The largest absolute Gasteiger partial charge is 0.494 e. The van der Waals surface area contributed by atoms with Crippen LogP contribution in [0.1, 0.15) is 27.7 Å². The minimum atomic E-state index is -1.38. The molecule has 0 aliphatic rings. The van der Waals surface area contributed by atoms with E-state index in [1.165, 1.54) is 0 Å². The van der Waals surface area contributed by atoms with Crippen LogP contribution in [0.15, 0.2) is 49.1 Å². The molecule has 1 unspecified atom stereocenters. The first kappa shape index (κ1) is 29.2. The van der Waals surface area contributed by atoms with Crippen LogP contribution in [0.3, 0.4) is 0 Å². The van der Waals surface area contributed by atoms with Crippen molar-refractivity contribution in [2.45, 2.75) is 34.0 Å². The molecule has 0 spiro atoms. The average molecular weight is 540 g/mol. The molecule has 39 heavy (non-hydrogen) atoms. The fraction of sp³-hybridized carbons (Fsp3) is 0.357. The Labute approximate surface area is 227 Å². The molecule has 11 heteroatoms. The Hall–Kier alpha value is -4.38. The number of aliphatic hydroxyl groups is 1. The zero-order valence-corrected chi connectivity index (χ0v) is 22.5. The Morgan fingerprint density at radius 2 is 1.31 bits per heavy atom. The second kappa shape index (κ2) is 14.5. The van der Waals surface area contributed by atoms with Crippen molar-refractivity contribution in [1.29, 1.82) is 0 Å². The summed E-state index contributed by atoms with van der Waals surface area (Å²) in [6, 6.07) is 10.4. The van der Waals surface area contributed by atoms with E-state index in [9.17, 15) is 9.90 Å². The van der Waals surface area contributed by atoms with Crippen LogP contribution in [-0.4, -0.2) is 65.4 Å². The molecule has 0 bridgehead atoms. The number of esters is 1. The van der Waals surface area contributed by atoms with Crippen LogP contribution in [-0.2, 0) is 9.53 Å². The maximum Gasteiger partial charge on any atom is 0.333 e. The van der Waals surface area contributed by atoms with Crippen molar-refractivity contribution in [3.63, 3.8) is 0 Å². The smallest absolute Gasteiger partial charge is 0.333 e. The van der Waals surface area contributed by atoms with E-state index < -0.39 is 18.9 Å². The lowest BCUT2D eigenvalue weighted by Gasteiger charge is -2.17. The van der Waals surface area contributed by atoms with Crippen LogP contribution in [0.2, 0.25) is 0 Å². The molecular weight excluding hydrogens is 506 g/mol. The SMILES string of the molecule is C=CC(=O)OC(CO)Oc1nc(-c2ccc(OCC)cc2OCC)nc(-c2ccc(OCC)cc2OCC)n1. The summed E-state index contributed by atoms with van der Waals surface area (Å²) in [6.45, 7) is 12.0. The molecule has 1 N–H and O–H groups in total. The molecule has 0 radical (unpaired) electrons. The van der Waals surface area contributed by atoms with Crippen LogP contribution >= 0.6 is 0 Å². The minimum Gasteiger partial charge on any atom is -0.494 e. The summed E-state index contributed by atoms with van der Waals surface area (Å²) < 4.78 is 33.6. The number of aromatic nitrogens is 3. The summed E-state index contributed by atoms with van der Waals surface area (Å²) in [5, 5.41) is 9.72. The van der Waals surface area contributed by atoms with E-state index in [0.29, 0.717) is 60.6 Å². The lowest BCUT2D eigenvalue weighted by molar-refractivity contribution is -0.163. The van der Waals surface area contributed by atoms with Gasteiger partial charge in [0.15, 0.2) is 11.6 Å². The van der Waals surface area contributed by atoms with Crippen molar-refractivity contribution in [2.24, 2.45) is 0 Å². The normalized spacial score (nSPS) is 11.3. The topological polar surface area (TPSA) is 131 Å². The monoisotopic (exact) mass is 539 g/mol. The highest BCUT2D eigenvalue weighted by Gasteiger charge is 2.21. The summed E-state index contributed by atoms with van der Waals surface area (Å²) in [6.07, 6.45) is -0.421. The van der Waals surface area contributed by atoms with Gasteiger partial charge in [0.1, 0.15) is 29.6 Å². The summed E-state index contributed by atoms with van der Waals surface area (Å²) >= 11 is 0. The second-order valence-corrected chi connectivity index (χ2v) is 7.68. The average Bonchev–Trinajstić information content (AvgIpc) is 2.93. The quantitative estimate of drug-likeness (QED) is 0.169. The molecule has 0 aliphatic carbocycles. The van der Waals surface area contributed by atoms with Gasteiger partial charge in [-0.2, -0.15) is 9.97 Å². The zero-order chi connectivity index (χ0) is 28.2. The van der Waals surface area contributed by atoms with Gasteiger partial charge in [0.05, 0.1) is 37.6 Å². The van der Waals surface area contributed by atoms with Crippen LogP contribution in [0, 0.1) is 0 Å². The fourth-order valence-electron chi connectivity index (χ4n) is 3.48.